The first-order valence-electron chi connectivity index (χ1n) is 11.2. The fourth-order valence-corrected chi connectivity index (χ4v) is 4.19. The van der Waals surface area contributed by atoms with Gasteiger partial charge in [-0.05, 0) is 48.4 Å². The molecule has 190 valence electrons. The molecule has 1 saturated heterocycles. The number of carbonyl (C=O) groups is 3. The molecule has 2 N–H and O–H groups in total. The number of nitrogens with one attached hydrogen (secondary N) is 2. The van der Waals surface area contributed by atoms with Gasteiger partial charge in [0.1, 0.15) is 18.0 Å². The predicted molar refractivity (Wildman–Crippen MR) is 133 cm³/mol. The molecular formula is C26H24N4O7. The second-order valence-corrected chi connectivity index (χ2v) is 8.34. The Labute approximate surface area is 212 Å². The van der Waals surface area contributed by atoms with E-state index in [1.807, 2.05) is 0 Å². The average Bonchev–Trinajstić information content (AvgIpc) is 3.15. The van der Waals surface area contributed by atoms with Crippen molar-refractivity contribution in [2.45, 2.75) is 12.5 Å². The van der Waals surface area contributed by atoms with Gasteiger partial charge in [-0.2, -0.15) is 0 Å². The summed E-state index contributed by atoms with van der Waals surface area (Å²) in [5.41, 5.74) is -0.223. The minimum absolute atomic E-state index is 0.161. The van der Waals surface area contributed by atoms with E-state index in [9.17, 15) is 24.5 Å². The first-order valence-corrected chi connectivity index (χ1v) is 11.2. The van der Waals surface area contributed by atoms with Crippen molar-refractivity contribution in [3.63, 3.8) is 0 Å². The van der Waals surface area contributed by atoms with Crippen LogP contribution in [0.3, 0.4) is 0 Å². The molecule has 1 heterocycles. The fraction of sp³-hybridized carbons (Fsp3) is 0.192. The van der Waals surface area contributed by atoms with E-state index >= 15 is 0 Å². The molecule has 37 heavy (non-hydrogen) atoms. The minimum atomic E-state index is -1.60. The van der Waals surface area contributed by atoms with Crippen LogP contribution in [0, 0.1) is 17.0 Å². The Kier molecular flexibility index (Phi) is 6.79. The maximum atomic E-state index is 13.8. The second kappa shape index (κ2) is 9.97. The monoisotopic (exact) mass is 504 g/mol. The molecule has 0 atom stereocenters. The van der Waals surface area contributed by atoms with E-state index in [-0.39, 0.29) is 11.4 Å². The molecule has 1 aliphatic rings. The topological polar surface area (TPSA) is 140 Å². The van der Waals surface area contributed by atoms with Crippen LogP contribution in [-0.4, -0.2) is 48.4 Å². The average molecular weight is 504 g/mol. The third kappa shape index (κ3) is 4.66. The van der Waals surface area contributed by atoms with Crippen LogP contribution in [0.5, 0.6) is 11.5 Å². The number of nitro groups is 1. The first kappa shape index (κ1) is 25.2. The lowest BCUT2D eigenvalue weighted by molar-refractivity contribution is -0.385. The van der Waals surface area contributed by atoms with Crippen molar-refractivity contribution in [1.29, 1.82) is 0 Å². The Balaban J connectivity index is 1.65. The largest absolute Gasteiger partial charge is 0.497 e. The number of methoxy groups -OCH3 is 2. The molecule has 0 spiro atoms. The van der Waals surface area contributed by atoms with Gasteiger partial charge in [0.05, 0.1) is 19.1 Å². The summed E-state index contributed by atoms with van der Waals surface area (Å²) in [7, 11) is 3.03. The molecule has 0 bridgehead atoms. The van der Waals surface area contributed by atoms with E-state index in [0.29, 0.717) is 28.2 Å². The standard InChI is InChI=1S/C26H24N4O7/c1-16-4-9-19(14-22(16)30(34)35)27-23(31)15-29-24(32)26(28-25(29)33,17-5-10-20(36-2)11-6-17)18-7-12-21(37-3)13-8-18/h4-14H,15H2,1-3H3,(H,27,31)(H,28,33). The van der Waals surface area contributed by atoms with Crippen molar-refractivity contribution in [2.24, 2.45) is 0 Å². The number of benzene rings is 3. The van der Waals surface area contributed by atoms with Crippen LogP contribution in [0.25, 0.3) is 0 Å². The van der Waals surface area contributed by atoms with Crippen molar-refractivity contribution >= 4 is 29.2 Å². The Hall–Kier alpha value is -4.93. The van der Waals surface area contributed by atoms with Crippen molar-refractivity contribution in [1.82, 2.24) is 10.2 Å². The van der Waals surface area contributed by atoms with Crippen LogP contribution in [0.2, 0.25) is 0 Å². The highest BCUT2D eigenvalue weighted by Crippen LogP contribution is 2.37. The van der Waals surface area contributed by atoms with Gasteiger partial charge in [-0.25, -0.2) is 4.79 Å². The van der Waals surface area contributed by atoms with Gasteiger partial charge in [-0.15, -0.1) is 0 Å². The van der Waals surface area contributed by atoms with E-state index < -0.39 is 34.9 Å². The van der Waals surface area contributed by atoms with E-state index in [4.69, 9.17) is 9.47 Å². The number of hydrogen-bond acceptors (Lipinski definition) is 7. The van der Waals surface area contributed by atoms with E-state index in [1.54, 1.807) is 55.5 Å². The summed E-state index contributed by atoms with van der Waals surface area (Å²) < 4.78 is 10.4. The maximum Gasteiger partial charge on any atom is 0.326 e. The minimum Gasteiger partial charge on any atom is -0.497 e. The van der Waals surface area contributed by atoms with Crippen molar-refractivity contribution in [3.8, 4) is 11.5 Å². The van der Waals surface area contributed by atoms with Crippen LogP contribution >= 0.6 is 0 Å². The van der Waals surface area contributed by atoms with E-state index in [0.717, 1.165) is 4.90 Å². The van der Waals surface area contributed by atoms with Gasteiger partial charge in [0, 0.05) is 17.3 Å². The van der Waals surface area contributed by atoms with Crippen molar-refractivity contribution < 1.29 is 28.8 Å². The zero-order chi connectivity index (χ0) is 26.7. The van der Waals surface area contributed by atoms with Crippen LogP contribution in [0.1, 0.15) is 16.7 Å². The molecule has 11 heteroatoms. The number of amides is 4. The molecule has 0 aliphatic carbocycles. The van der Waals surface area contributed by atoms with Crippen LogP contribution in [-0.2, 0) is 15.1 Å². The Morgan fingerprint density at radius 1 is 0.973 bits per heavy atom. The van der Waals surface area contributed by atoms with Crippen LogP contribution in [0.4, 0.5) is 16.2 Å². The van der Waals surface area contributed by atoms with Gasteiger partial charge >= 0.3 is 6.03 Å². The summed E-state index contributed by atoms with van der Waals surface area (Å²) in [4.78, 5) is 51.1. The summed E-state index contributed by atoms with van der Waals surface area (Å²) in [6, 6.07) is 16.8. The first-order chi connectivity index (χ1) is 17.7. The quantitative estimate of drug-likeness (QED) is 0.272. The number of aryl methyl sites for hydroxylation is 1. The maximum absolute atomic E-state index is 13.8. The highest BCUT2D eigenvalue weighted by molar-refractivity contribution is 6.12. The summed E-state index contributed by atoms with van der Waals surface area (Å²) in [6.45, 7) is 0.981. The number of hydrogen-bond donors (Lipinski definition) is 2. The normalized spacial score (nSPS) is 14.2. The third-order valence-corrected chi connectivity index (χ3v) is 6.14. The highest BCUT2D eigenvalue weighted by Gasteiger charge is 2.54. The zero-order valence-electron chi connectivity index (χ0n) is 20.3. The fourth-order valence-electron chi connectivity index (χ4n) is 4.19. The summed E-state index contributed by atoms with van der Waals surface area (Å²) >= 11 is 0. The molecule has 4 amide bonds. The number of carbonyl (C=O) groups excluding carboxylic acids is 3. The summed E-state index contributed by atoms with van der Waals surface area (Å²) in [5, 5.41) is 16.5. The molecule has 0 radical (unpaired) electrons. The smallest absolute Gasteiger partial charge is 0.326 e. The Bertz CT molecular complexity index is 1320. The van der Waals surface area contributed by atoms with Gasteiger partial charge in [-0.3, -0.25) is 24.6 Å². The Morgan fingerprint density at radius 3 is 2.00 bits per heavy atom. The third-order valence-electron chi connectivity index (χ3n) is 6.14. The van der Waals surface area contributed by atoms with Crippen molar-refractivity contribution in [2.75, 3.05) is 26.1 Å². The number of urea groups is 1. The second-order valence-electron chi connectivity index (χ2n) is 8.34. The predicted octanol–water partition coefficient (Wildman–Crippen LogP) is 3.35. The Morgan fingerprint density at radius 2 is 1.51 bits per heavy atom. The zero-order valence-corrected chi connectivity index (χ0v) is 20.3. The molecule has 3 aromatic rings. The number of anilines is 1. The molecule has 11 nitrogen and oxygen atoms in total. The highest BCUT2D eigenvalue weighted by atomic mass is 16.6. The summed E-state index contributed by atoms with van der Waals surface area (Å²) in [6.07, 6.45) is 0. The molecule has 0 unspecified atom stereocenters. The number of ether oxygens (including phenoxy) is 2. The van der Waals surface area contributed by atoms with Gasteiger partial charge in [0.2, 0.25) is 5.91 Å². The van der Waals surface area contributed by atoms with Gasteiger partial charge in [-0.1, -0.05) is 30.3 Å². The van der Waals surface area contributed by atoms with Gasteiger partial charge in [0.25, 0.3) is 11.6 Å². The molecule has 3 aromatic carbocycles. The molecule has 0 aromatic heterocycles. The lowest BCUT2D eigenvalue weighted by Gasteiger charge is -2.28. The SMILES string of the molecule is COc1ccc(C2(c3ccc(OC)cc3)NC(=O)N(CC(=O)Nc3ccc(C)c([N+](=O)[O-])c3)C2=O)cc1. The molecule has 1 aliphatic heterocycles. The number of rotatable bonds is 8. The molecule has 4 rings (SSSR count). The van der Waals surface area contributed by atoms with Crippen LogP contribution in [0.15, 0.2) is 66.7 Å². The molecule has 0 saturated carbocycles. The number of imide groups is 1. The van der Waals surface area contributed by atoms with E-state index in [1.165, 1.54) is 32.4 Å². The van der Waals surface area contributed by atoms with Crippen molar-refractivity contribution in [3.05, 3.63) is 93.5 Å². The van der Waals surface area contributed by atoms with Gasteiger partial charge < -0.3 is 20.1 Å². The lowest BCUT2D eigenvalue weighted by atomic mass is 9.82. The lowest BCUT2D eigenvalue weighted by Crippen LogP contribution is -2.45. The summed E-state index contributed by atoms with van der Waals surface area (Å²) in [5.74, 6) is -0.220. The number of nitro benzene ring substituents is 1. The molecular weight excluding hydrogens is 480 g/mol. The van der Waals surface area contributed by atoms with Gasteiger partial charge in [0.15, 0.2) is 5.54 Å². The van der Waals surface area contributed by atoms with Crippen LogP contribution < -0.4 is 20.1 Å². The number of nitrogens with zero attached hydrogens (tertiary/aromatic N) is 2. The molecule has 1 fully saturated rings. The van der Waals surface area contributed by atoms with E-state index in [2.05, 4.69) is 10.6 Å².